The van der Waals surface area contributed by atoms with E-state index in [1.165, 1.54) is 0 Å². The lowest BCUT2D eigenvalue weighted by Crippen LogP contribution is -2.23. The van der Waals surface area contributed by atoms with Crippen molar-refractivity contribution in [1.29, 1.82) is 0 Å². The normalized spacial score (nSPS) is 10.8. The van der Waals surface area contributed by atoms with Crippen molar-refractivity contribution in [3.05, 3.63) is 53.7 Å². The van der Waals surface area contributed by atoms with Crippen LogP contribution in [0.2, 0.25) is 0 Å². The van der Waals surface area contributed by atoms with Gasteiger partial charge in [-0.25, -0.2) is 4.98 Å². The molecule has 0 aliphatic rings. The van der Waals surface area contributed by atoms with Gasteiger partial charge in [0, 0.05) is 22.8 Å². The number of para-hydroxylation sites is 1. The number of aromatic nitrogens is 3. The minimum atomic E-state index is -0.0791. The minimum Gasteiger partial charge on any atom is -0.358 e. The lowest BCUT2D eigenvalue weighted by Gasteiger charge is -2.03. The molecule has 19 heavy (non-hydrogen) atoms. The summed E-state index contributed by atoms with van der Waals surface area (Å²) in [6, 6.07) is 7.80. The monoisotopic (exact) mass is 254 g/mol. The van der Waals surface area contributed by atoms with Crippen molar-refractivity contribution < 1.29 is 4.79 Å². The SMILES string of the molecule is Cc1[nH]c2ccccc2c1C(=O)NCc1cnc[nH]1. The first-order valence-corrected chi connectivity index (χ1v) is 6.08. The number of carbonyl (C=O) groups excluding carboxylic acids is 1. The van der Waals surface area contributed by atoms with Gasteiger partial charge in [0.05, 0.1) is 24.1 Å². The minimum absolute atomic E-state index is 0.0791. The summed E-state index contributed by atoms with van der Waals surface area (Å²) in [5.41, 5.74) is 3.44. The number of fused-ring (bicyclic) bond motifs is 1. The second-order valence-electron chi connectivity index (χ2n) is 4.43. The average Bonchev–Trinajstić information content (AvgIpc) is 3.02. The van der Waals surface area contributed by atoms with Crippen molar-refractivity contribution in [1.82, 2.24) is 20.3 Å². The summed E-state index contributed by atoms with van der Waals surface area (Å²) in [7, 11) is 0. The fraction of sp³-hybridized carbons (Fsp3) is 0.143. The number of rotatable bonds is 3. The highest BCUT2D eigenvalue weighted by Gasteiger charge is 2.15. The smallest absolute Gasteiger partial charge is 0.254 e. The zero-order valence-corrected chi connectivity index (χ0v) is 10.5. The summed E-state index contributed by atoms with van der Waals surface area (Å²) in [5.74, 6) is -0.0791. The molecular formula is C14H14N4O. The molecule has 0 saturated carbocycles. The van der Waals surface area contributed by atoms with Gasteiger partial charge in [-0.3, -0.25) is 4.79 Å². The number of H-pyrrole nitrogens is 2. The van der Waals surface area contributed by atoms with Crippen LogP contribution in [0.5, 0.6) is 0 Å². The van der Waals surface area contributed by atoms with Crippen LogP contribution >= 0.6 is 0 Å². The Morgan fingerprint density at radius 1 is 1.37 bits per heavy atom. The summed E-state index contributed by atoms with van der Waals surface area (Å²) in [4.78, 5) is 22.4. The Kier molecular flexibility index (Phi) is 2.79. The van der Waals surface area contributed by atoms with E-state index in [1.807, 2.05) is 31.2 Å². The van der Waals surface area contributed by atoms with Crippen LogP contribution in [-0.4, -0.2) is 20.9 Å². The number of nitrogens with one attached hydrogen (secondary N) is 3. The van der Waals surface area contributed by atoms with E-state index in [2.05, 4.69) is 20.3 Å². The van der Waals surface area contributed by atoms with E-state index >= 15 is 0 Å². The molecule has 5 heteroatoms. The molecule has 0 bridgehead atoms. The van der Waals surface area contributed by atoms with E-state index in [0.29, 0.717) is 12.1 Å². The Morgan fingerprint density at radius 3 is 3.00 bits per heavy atom. The molecule has 0 fully saturated rings. The highest BCUT2D eigenvalue weighted by atomic mass is 16.1. The molecule has 0 aliphatic heterocycles. The van der Waals surface area contributed by atoms with E-state index < -0.39 is 0 Å². The van der Waals surface area contributed by atoms with E-state index in [4.69, 9.17) is 0 Å². The molecule has 3 aromatic rings. The maximum Gasteiger partial charge on any atom is 0.254 e. The molecule has 3 rings (SSSR count). The quantitative estimate of drug-likeness (QED) is 0.670. The second-order valence-corrected chi connectivity index (χ2v) is 4.43. The fourth-order valence-corrected chi connectivity index (χ4v) is 2.21. The molecular weight excluding hydrogens is 240 g/mol. The molecule has 96 valence electrons. The molecule has 0 aliphatic carbocycles. The predicted molar refractivity (Wildman–Crippen MR) is 72.8 cm³/mol. The van der Waals surface area contributed by atoms with Crippen LogP contribution in [0.1, 0.15) is 21.7 Å². The molecule has 0 saturated heterocycles. The number of carbonyl (C=O) groups is 1. The second kappa shape index (κ2) is 4.61. The Morgan fingerprint density at radius 2 is 2.21 bits per heavy atom. The first kappa shape index (κ1) is 11.5. The number of aryl methyl sites for hydroxylation is 1. The molecule has 1 amide bonds. The largest absolute Gasteiger partial charge is 0.358 e. The molecule has 0 unspecified atom stereocenters. The summed E-state index contributed by atoms with van der Waals surface area (Å²) in [6.45, 7) is 2.35. The molecule has 3 N–H and O–H groups in total. The summed E-state index contributed by atoms with van der Waals surface area (Å²) in [5, 5.41) is 3.84. The molecule has 0 atom stereocenters. The third-order valence-electron chi connectivity index (χ3n) is 3.11. The molecule has 2 heterocycles. The maximum atomic E-state index is 12.3. The van der Waals surface area contributed by atoms with Gasteiger partial charge in [-0.2, -0.15) is 0 Å². The molecule has 1 aromatic carbocycles. The van der Waals surface area contributed by atoms with Crippen LogP contribution in [0.25, 0.3) is 10.9 Å². The number of benzene rings is 1. The van der Waals surface area contributed by atoms with Gasteiger partial charge >= 0.3 is 0 Å². The van der Waals surface area contributed by atoms with Crippen LogP contribution in [0, 0.1) is 6.92 Å². The average molecular weight is 254 g/mol. The van der Waals surface area contributed by atoms with Crippen LogP contribution in [0.15, 0.2) is 36.8 Å². The van der Waals surface area contributed by atoms with Gasteiger partial charge < -0.3 is 15.3 Å². The standard InChI is InChI=1S/C14H14N4O/c1-9-13(11-4-2-3-5-12(11)18-9)14(19)16-7-10-6-15-8-17-10/h2-6,8,18H,7H2,1H3,(H,15,17)(H,16,19). The maximum absolute atomic E-state index is 12.3. The van der Waals surface area contributed by atoms with Gasteiger partial charge in [0.25, 0.3) is 5.91 Å². The zero-order chi connectivity index (χ0) is 13.2. The van der Waals surface area contributed by atoms with Gasteiger partial charge in [-0.15, -0.1) is 0 Å². The van der Waals surface area contributed by atoms with E-state index in [0.717, 1.165) is 22.3 Å². The highest BCUT2D eigenvalue weighted by Crippen LogP contribution is 2.21. The van der Waals surface area contributed by atoms with Crippen LogP contribution in [0.3, 0.4) is 0 Å². The number of imidazole rings is 1. The lowest BCUT2D eigenvalue weighted by atomic mass is 10.1. The summed E-state index contributed by atoms with van der Waals surface area (Å²) >= 11 is 0. The number of amides is 1. The van der Waals surface area contributed by atoms with Gasteiger partial charge in [0.15, 0.2) is 0 Å². The Labute approximate surface area is 110 Å². The zero-order valence-electron chi connectivity index (χ0n) is 10.5. The topological polar surface area (TPSA) is 73.6 Å². The Balaban J connectivity index is 1.87. The van der Waals surface area contributed by atoms with Gasteiger partial charge in [0.1, 0.15) is 0 Å². The molecule has 0 spiro atoms. The lowest BCUT2D eigenvalue weighted by molar-refractivity contribution is 0.0951. The molecule has 0 radical (unpaired) electrons. The first-order valence-electron chi connectivity index (χ1n) is 6.08. The molecule has 5 nitrogen and oxygen atoms in total. The third-order valence-corrected chi connectivity index (χ3v) is 3.11. The Bertz CT molecular complexity index is 712. The number of nitrogens with zero attached hydrogens (tertiary/aromatic N) is 1. The van der Waals surface area contributed by atoms with Crippen molar-refractivity contribution in [3.63, 3.8) is 0 Å². The summed E-state index contributed by atoms with van der Waals surface area (Å²) < 4.78 is 0. The Hall–Kier alpha value is -2.56. The van der Waals surface area contributed by atoms with E-state index in [9.17, 15) is 4.79 Å². The fourth-order valence-electron chi connectivity index (χ4n) is 2.21. The van der Waals surface area contributed by atoms with Gasteiger partial charge in [-0.05, 0) is 13.0 Å². The van der Waals surface area contributed by atoms with Crippen LogP contribution in [0.4, 0.5) is 0 Å². The van der Waals surface area contributed by atoms with E-state index in [1.54, 1.807) is 12.5 Å². The number of hydrogen-bond donors (Lipinski definition) is 3. The van der Waals surface area contributed by atoms with Crippen molar-refractivity contribution in [3.8, 4) is 0 Å². The predicted octanol–water partition coefficient (Wildman–Crippen LogP) is 2.13. The molecule has 2 aromatic heterocycles. The van der Waals surface area contributed by atoms with Gasteiger partial charge in [0.2, 0.25) is 0 Å². The number of hydrogen-bond acceptors (Lipinski definition) is 2. The van der Waals surface area contributed by atoms with Crippen LogP contribution in [-0.2, 0) is 6.54 Å². The first-order chi connectivity index (χ1) is 9.25. The van der Waals surface area contributed by atoms with Crippen molar-refractivity contribution >= 4 is 16.8 Å². The van der Waals surface area contributed by atoms with Crippen molar-refractivity contribution in [2.45, 2.75) is 13.5 Å². The number of aromatic amines is 2. The highest BCUT2D eigenvalue weighted by molar-refractivity contribution is 6.08. The van der Waals surface area contributed by atoms with Gasteiger partial charge in [-0.1, -0.05) is 18.2 Å². The van der Waals surface area contributed by atoms with E-state index in [-0.39, 0.29) is 5.91 Å². The summed E-state index contributed by atoms with van der Waals surface area (Å²) in [6.07, 6.45) is 3.29. The van der Waals surface area contributed by atoms with Crippen molar-refractivity contribution in [2.24, 2.45) is 0 Å². The van der Waals surface area contributed by atoms with Crippen molar-refractivity contribution in [2.75, 3.05) is 0 Å². The van der Waals surface area contributed by atoms with Crippen LogP contribution < -0.4 is 5.32 Å². The third kappa shape index (κ3) is 2.10.